The van der Waals surface area contributed by atoms with Gasteiger partial charge in [0.15, 0.2) is 0 Å². The van der Waals surface area contributed by atoms with Gasteiger partial charge in [-0.1, -0.05) is 131 Å². The fourth-order valence-corrected chi connectivity index (χ4v) is 7.57. The zero-order valence-electron chi connectivity index (χ0n) is 28.4. The number of nitrogens with zero attached hydrogens (tertiary/aromatic N) is 6. The molecule has 0 unspecified atom stereocenters. The van der Waals surface area contributed by atoms with Crippen LogP contribution in [0.1, 0.15) is 0 Å². The van der Waals surface area contributed by atoms with Crippen molar-refractivity contribution in [3.63, 3.8) is 0 Å². The molecule has 266 valence electrons. The molecule has 0 spiro atoms. The van der Waals surface area contributed by atoms with Gasteiger partial charge in [0, 0.05) is 77.2 Å². The average molecular weight is 834 g/mol. The quantitative estimate of drug-likeness (QED) is 0.131. The Labute approximate surface area is 345 Å². The molecular weight excluding hydrogens is 810 g/mol. The largest absolute Gasteiger partial charge is 2.00 e. The second-order valence-corrected chi connectivity index (χ2v) is 14.3. The normalized spacial score (nSPS) is 11.1. The van der Waals surface area contributed by atoms with E-state index in [2.05, 4.69) is 32.1 Å². The zero-order chi connectivity index (χ0) is 36.8. The first-order chi connectivity index (χ1) is 26.4. The van der Waals surface area contributed by atoms with Crippen LogP contribution in [-0.4, -0.2) is 19.9 Å². The van der Waals surface area contributed by atoms with Crippen molar-refractivity contribution in [2.75, 3.05) is 0 Å². The van der Waals surface area contributed by atoms with Crippen molar-refractivity contribution in [1.82, 2.24) is 19.9 Å². The number of aromatic nitrogens is 4. The van der Waals surface area contributed by atoms with Gasteiger partial charge in [-0.15, -0.1) is 22.7 Å². The van der Waals surface area contributed by atoms with Gasteiger partial charge in [0.05, 0.1) is 22.1 Å². The van der Waals surface area contributed by atoms with Gasteiger partial charge in [-0.25, -0.2) is 0 Å². The Morgan fingerprint density at radius 1 is 0.345 bits per heavy atom. The summed E-state index contributed by atoms with van der Waals surface area (Å²) in [7, 11) is 0. The van der Waals surface area contributed by atoms with E-state index >= 15 is 0 Å². The maximum atomic E-state index is 6.41. The molecule has 0 atom stereocenters. The number of fused-ring (bicyclic) bond motifs is 8. The predicted molar refractivity (Wildman–Crippen MR) is 227 cm³/mol. The van der Waals surface area contributed by atoms with Crippen molar-refractivity contribution in [3.05, 3.63) is 177 Å². The molecule has 0 aliphatic carbocycles. The molecule has 4 aromatic heterocycles. The molecule has 0 saturated heterocycles. The minimum absolute atomic E-state index is 0. The molecule has 4 heterocycles. The molecule has 11 heteroatoms. The summed E-state index contributed by atoms with van der Waals surface area (Å²) in [6.07, 6.45) is 7.21. The Morgan fingerprint density at radius 2 is 0.709 bits per heavy atom. The molecule has 10 rings (SSSR count). The Hall–Kier alpha value is -5.24. The minimum Gasteiger partial charge on any atom is -0.654 e. The topological polar surface area (TPSA) is 79.8 Å². The van der Waals surface area contributed by atoms with E-state index in [1.54, 1.807) is 12.4 Å². The van der Waals surface area contributed by atoms with Crippen LogP contribution in [-0.2, 0) is 17.1 Å². The van der Waals surface area contributed by atoms with Crippen LogP contribution in [0, 0.1) is 0 Å². The van der Waals surface area contributed by atoms with Gasteiger partial charge in [0.25, 0.3) is 0 Å². The van der Waals surface area contributed by atoms with Crippen molar-refractivity contribution in [3.8, 4) is 0 Å². The van der Waals surface area contributed by atoms with Crippen LogP contribution in [0.2, 0.25) is 20.1 Å². The van der Waals surface area contributed by atoms with Crippen molar-refractivity contribution in [1.29, 1.82) is 0 Å². The molecule has 0 fully saturated rings. The summed E-state index contributed by atoms with van der Waals surface area (Å²) in [5, 5.41) is 20.2. The number of benzene rings is 6. The fourth-order valence-electron chi connectivity index (χ4n) is 6.70. The summed E-state index contributed by atoms with van der Waals surface area (Å²) < 4.78 is 0. The van der Waals surface area contributed by atoms with Gasteiger partial charge in [-0.3, -0.25) is 19.9 Å². The van der Waals surface area contributed by atoms with Crippen LogP contribution in [0.3, 0.4) is 0 Å². The monoisotopic (exact) mass is 832 g/mol. The van der Waals surface area contributed by atoms with E-state index in [0.717, 1.165) is 65.2 Å². The van der Waals surface area contributed by atoms with Gasteiger partial charge in [0.2, 0.25) is 0 Å². The molecule has 6 aromatic carbocycles. The smallest absolute Gasteiger partial charge is 0.654 e. The van der Waals surface area contributed by atoms with Gasteiger partial charge in [0.1, 0.15) is 0 Å². The maximum Gasteiger partial charge on any atom is 2.00 e. The SMILES string of the molecule is Clc1cc([N-]c2cc(Cl)cc3c2ncc2ccccc23)c2ncccc2c1.Clc1cc([N-]c2cc(Cl)cc3c2ncc2ccccc23)c2ncccc2c1.[Fe+2]. The second-order valence-electron chi connectivity index (χ2n) is 12.6. The molecule has 0 radical (unpaired) electrons. The summed E-state index contributed by atoms with van der Waals surface area (Å²) in [6, 6.07) is 38.8. The average Bonchev–Trinajstić information content (AvgIpc) is 3.18. The molecule has 0 aliphatic heterocycles. The van der Waals surface area contributed by atoms with Crippen molar-refractivity contribution >= 4 is 134 Å². The number of rotatable bonds is 4. The van der Waals surface area contributed by atoms with E-state index in [9.17, 15) is 0 Å². The van der Waals surface area contributed by atoms with E-state index in [0.29, 0.717) is 42.8 Å². The first-order valence-electron chi connectivity index (χ1n) is 16.8. The van der Waals surface area contributed by atoms with Crippen LogP contribution in [0.15, 0.2) is 146 Å². The predicted octanol–water partition coefficient (Wildman–Crippen LogP) is 15.2. The van der Waals surface area contributed by atoms with E-state index in [1.807, 2.05) is 122 Å². The summed E-state index contributed by atoms with van der Waals surface area (Å²) in [5.41, 5.74) is 5.93. The first-order valence-corrected chi connectivity index (χ1v) is 18.4. The molecule has 0 amide bonds. The number of hydrogen-bond acceptors (Lipinski definition) is 4. The van der Waals surface area contributed by atoms with E-state index in [-0.39, 0.29) is 17.1 Å². The standard InChI is InChI=1S/2C22H12Cl2N3.Fe/c2*23-15-8-13-5-3-7-25-21(13)19(10-15)27-20-11-16(24)9-18-17-6-2-1-4-14(17)12-26-22(18)20;/h2*1-12H;/q2*-1;+2. The molecule has 55 heavy (non-hydrogen) atoms. The van der Waals surface area contributed by atoms with Crippen LogP contribution < -0.4 is 0 Å². The van der Waals surface area contributed by atoms with Crippen LogP contribution in [0.25, 0.3) is 75.8 Å². The maximum absolute atomic E-state index is 6.41. The minimum atomic E-state index is 0. The number of pyridine rings is 4. The van der Waals surface area contributed by atoms with E-state index in [4.69, 9.17) is 57.0 Å². The molecule has 6 nitrogen and oxygen atoms in total. The van der Waals surface area contributed by atoms with Crippen molar-refractivity contribution < 1.29 is 17.1 Å². The molecule has 0 bridgehead atoms. The third kappa shape index (κ3) is 7.31. The molecule has 0 saturated carbocycles. The summed E-state index contributed by atoms with van der Waals surface area (Å²) >= 11 is 25.4. The second kappa shape index (κ2) is 15.5. The Kier molecular flexibility index (Phi) is 10.3. The van der Waals surface area contributed by atoms with Crippen molar-refractivity contribution in [2.45, 2.75) is 0 Å². The summed E-state index contributed by atoms with van der Waals surface area (Å²) in [6.45, 7) is 0. The van der Waals surface area contributed by atoms with Crippen LogP contribution >= 0.6 is 46.4 Å². The van der Waals surface area contributed by atoms with E-state index < -0.39 is 0 Å². The van der Waals surface area contributed by atoms with Crippen molar-refractivity contribution in [2.24, 2.45) is 0 Å². The van der Waals surface area contributed by atoms with Gasteiger partial charge >= 0.3 is 17.1 Å². The Morgan fingerprint density at radius 3 is 1.15 bits per heavy atom. The van der Waals surface area contributed by atoms with Gasteiger partial charge in [-0.2, -0.15) is 0 Å². The molecule has 0 N–H and O–H groups in total. The summed E-state index contributed by atoms with van der Waals surface area (Å²) in [5.74, 6) is 0. The van der Waals surface area contributed by atoms with Gasteiger partial charge < -0.3 is 10.6 Å². The van der Waals surface area contributed by atoms with Gasteiger partial charge in [-0.05, 0) is 47.2 Å². The molecule has 0 aliphatic rings. The number of hydrogen-bond donors (Lipinski definition) is 0. The molecular formula is C44H24Cl4FeN6. The van der Waals surface area contributed by atoms with E-state index in [1.165, 1.54) is 0 Å². The fraction of sp³-hybridized carbons (Fsp3) is 0. The third-order valence-electron chi connectivity index (χ3n) is 9.06. The van der Waals surface area contributed by atoms with Crippen LogP contribution in [0.4, 0.5) is 22.7 Å². The summed E-state index contributed by atoms with van der Waals surface area (Å²) in [4.78, 5) is 18.2. The third-order valence-corrected chi connectivity index (χ3v) is 9.93. The number of halogens is 4. The zero-order valence-corrected chi connectivity index (χ0v) is 32.5. The Balaban J connectivity index is 0.000000153. The molecule has 10 aromatic rings. The Bertz CT molecular complexity index is 2880. The first kappa shape index (κ1) is 36.7. The van der Waals surface area contributed by atoms with Crippen LogP contribution in [0.5, 0.6) is 0 Å².